The number of carbonyl (C=O) groups excluding carboxylic acids is 1. The van der Waals surface area contributed by atoms with Crippen molar-refractivity contribution in [3.05, 3.63) is 52.6 Å². The Morgan fingerprint density at radius 2 is 2.00 bits per heavy atom. The molecule has 3 heterocycles. The first kappa shape index (κ1) is 15.7. The molecule has 130 valence electrons. The number of aryl methyl sites for hydroxylation is 1. The number of nitrogens with one attached hydrogen (secondary N) is 1. The minimum absolute atomic E-state index is 0.0316. The predicted octanol–water partition coefficient (Wildman–Crippen LogP) is 0.812. The maximum atomic E-state index is 12.8. The van der Waals surface area contributed by atoms with Crippen molar-refractivity contribution in [2.24, 2.45) is 0 Å². The van der Waals surface area contributed by atoms with Crippen LogP contribution in [0.5, 0.6) is 5.75 Å². The Morgan fingerprint density at radius 3 is 2.80 bits per heavy atom. The van der Waals surface area contributed by atoms with E-state index in [2.05, 4.69) is 9.97 Å². The lowest BCUT2D eigenvalue weighted by atomic mass is 10.0. The van der Waals surface area contributed by atoms with Crippen molar-refractivity contribution in [1.82, 2.24) is 14.9 Å². The van der Waals surface area contributed by atoms with Gasteiger partial charge in [0.2, 0.25) is 0 Å². The molecule has 1 N–H and O–H groups in total. The highest BCUT2D eigenvalue weighted by Crippen LogP contribution is 2.28. The van der Waals surface area contributed by atoms with E-state index in [1.165, 1.54) is 6.20 Å². The van der Waals surface area contributed by atoms with E-state index in [9.17, 15) is 9.59 Å². The van der Waals surface area contributed by atoms with Gasteiger partial charge in [-0.15, -0.1) is 0 Å². The van der Waals surface area contributed by atoms with Crippen molar-refractivity contribution < 1.29 is 9.53 Å². The summed E-state index contributed by atoms with van der Waals surface area (Å²) in [6.07, 6.45) is 4.23. The highest BCUT2D eigenvalue weighted by Gasteiger charge is 2.32. The third-order valence-corrected chi connectivity index (χ3v) is 4.77. The van der Waals surface area contributed by atoms with Crippen molar-refractivity contribution in [3.8, 4) is 5.75 Å². The molecule has 0 aliphatic carbocycles. The molecule has 2 aliphatic rings. The summed E-state index contributed by atoms with van der Waals surface area (Å²) in [7, 11) is 0. The van der Waals surface area contributed by atoms with E-state index in [0.717, 1.165) is 17.7 Å². The molecule has 1 aromatic heterocycles. The Hall–Kier alpha value is -2.83. The van der Waals surface area contributed by atoms with Gasteiger partial charge < -0.3 is 19.5 Å². The summed E-state index contributed by atoms with van der Waals surface area (Å²) in [5.74, 6) is 1.26. The molecular weight excluding hydrogens is 320 g/mol. The largest absolute Gasteiger partial charge is 0.480 e. The molecule has 2 aliphatic heterocycles. The number of aromatic amines is 1. The van der Waals surface area contributed by atoms with Crippen molar-refractivity contribution in [2.45, 2.75) is 18.9 Å². The molecular formula is C18H20N4O3. The van der Waals surface area contributed by atoms with Gasteiger partial charge >= 0.3 is 0 Å². The van der Waals surface area contributed by atoms with Gasteiger partial charge in [-0.1, -0.05) is 18.2 Å². The lowest BCUT2D eigenvalue weighted by Gasteiger charge is -2.37. The molecule has 4 rings (SSSR count). The van der Waals surface area contributed by atoms with Crippen LogP contribution in [0.1, 0.15) is 12.0 Å². The number of carbonyl (C=O) groups is 1. The third-order valence-electron chi connectivity index (χ3n) is 4.77. The number of benzene rings is 1. The van der Waals surface area contributed by atoms with Crippen molar-refractivity contribution in [1.29, 1.82) is 0 Å². The zero-order chi connectivity index (χ0) is 17.2. The van der Waals surface area contributed by atoms with Gasteiger partial charge in [0.25, 0.3) is 11.5 Å². The zero-order valence-corrected chi connectivity index (χ0v) is 13.9. The second-order valence-electron chi connectivity index (χ2n) is 6.31. The number of H-pyrrole nitrogens is 1. The van der Waals surface area contributed by atoms with Crippen LogP contribution in [-0.4, -0.2) is 53.1 Å². The highest BCUT2D eigenvalue weighted by molar-refractivity contribution is 5.82. The second-order valence-corrected chi connectivity index (χ2v) is 6.31. The fourth-order valence-corrected chi connectivity index (χ4v) is 3.41. The molecule has 1 atom stereocenters. The fraction of sp³-hybridized carbons (Fsp3) is 0.389. The molecule has 7 heteroatoms. The van der Waals surface area contributed by atoms with E-state index < -0.39 is 6.10 Å². The summed E-state index contributed by atoms with van der Waals surface area (Å²) >= 11 is 0. The van der Waals surface area contributed by atoms with Crippen LogP contribution in [0, 0.1) is 0 Å². The molecule has 0 radical (unpaired) electrons. The molecule has 25 heavy (non-hydrogen) atoms. The van der Waals surface area contributed by atoms with Crippen molar-refractivity contribution >= 4 is 11.7 Å². The lowest BCUT2D eigenvalue weighted by molar-refractivity contribution is -0.139. The Morgan fingerprint density at radius 1 is 1.20 bits per heavy atom. The number of hydrogen-bond acceptors (Lipinski definition) is 5. The molecule has 0 bridgehead atoms. The number of nitrogens with zero attached hydrogens (tertiary/aromatic N) is 3. The Labute approximate surface area is 145 Å². The van der Waals surface area contributed by atoms with E-state index in [0.29, 0.717) is 38.4 Å². The van der Waals surface area contributed by atoms with Gasteiger partial charge in [-0.3, -0.25) is 9.59 Å². The van der Waals surface area contributed by atoms with E-state index in [1.54, 1.807) is 6.20 Å². The van der Waals surface area contributed by atoms with Gasteiger partial charge in [-0.25, -0.2) is 4.98 Å². The zero-order valence-electron chi connectivity index (χ0n) is 13.9. The van der Waals surface area contributed by atoms with Crippen LogP contribution in [0.4, 0.5) is 5.82 Å². The summed E-state index contributed by atoms with van der Waals surface area (Å²) in [6.45, 7) is 2.32. The summed E-state index contributed by atoms with van der Waals surface area (Å²) in [6, 6.07) is 7.87. The van der Waals surface area contributed by atoms with Crippen molar-refractivity contribution in [2.75, 3.05) is 31.1 Å². The number of hydrogen-bond donors (Lipinski definition) is 1. The predicted molar refractivity (Wildman–Crippen MR) is 92.8 cm³/mol. The summed E-state index contributed by atoms with van der Waals surface area (Å²) in [5, 5.41) is 0. The summed E-state index contributed by atoms with van der Waals surface area (Å²) < 4.78 is 5.91. The van der Waals surface area contributed by atoms with E-state index in [-0.39, 0.29) is 11.5 Å². The highest BCUT2D eigenvalue weighted by atomic mass is 16.5. The number of piperazine rings is 1. The Bertz CT molecular complexity index is 827. The van der Waals surface area contributed by atoms with Gasteiger partial charge in [0.05, 0.1) is 0 Å². The van der Waals surface area contributed by atoms with E-state index in [1.807, 2.05) is 34.1 Å². The van der Waals surface area contributed by atoms with Crippen LogP contribution in [0.25, 0.3) is 0 Å². The summed E-state index contributed by atoms with van der Waals surface area (Å²) in [4.78, 5) is 35.1. The van der Waals surface area contributed by atoms with Crippen LogP contribution in [0.15, 0.2) is 41.5 Å². The van der Waals surface area contributed by atoms with Gasteiger partial charge in [0.15, 0.2) is 11.9 Å². The SMILES string of the molecule is O=C([C@@H]1CCc2ccccc2O1)N1CCN(c2ncc[nH]c2=O)CC1. The van der Waals surface area contributed by atoms with Crippen LogP contribution in [0.2, 0.25) is 0 Å². The monoisotopic (exact) mass is 340 g/mol. The van der Waals surface area contributed by atoms with Crippen LogP contribution in [-0.2, 0) is 11.2 Å². The maximum Gasteiger partial charge on any atom is 0.290 e. The molecule has 0 spiro atoms. The van der Waals surface area contributed by atoms with Gasteiger partial charge in [0.1, 0.15) is 5.75 Å². The smallest absolute Gasteiger partial charge is 0.290 e. The number of rotatable bonds is 2. The third kappa shape index (κ3) is 3.09. The number of ether oxygens (including phenoxy) is 1. The average Bonchev–Trinajstić information content (AvgIpc) is 2.67. The molecule has 1 saturated heterocycles. The first-order chi connectivity index (χ1) is 12.2. The normalized spacial score (nSPS) is 19.9. The van der Waals surface area contributed by atoms with E-state index >= 15 is 0 Å². The molecule has 1 amide bonds. The molecule has 0 saturated carbocycles. The minimum Gasteiger partial charge on any atom is -0.480 e. The Kier molecular flexibility index (Phi) is 4.13. The fourth-order valence-electron chi connectivity index (χ4n) is 3.41. The lowest BCUT2D eigenvalue weighted by Crippen LogP contribution is -2.53. The number of para-hydroxylation sites is 1. The quantitative estimate of drug-likeness (QED) is 0.875. The van der Waals surface area contributed by atoms with Gasteiger partial charge in [-0.05, 0) is 24.5 Å². The molecule has 1 aromatic carbocycles. The Balaban J connectivity index is 1.39. The maximum absolute atomic E-state index is 12.8. The van der Waals surface area contributed by atoms with Crippen molar-refractivity contribution in [3.63, 3.8) is 0 Å². The average molecular weight is 340 g/mol. The first-order valence-corrected chi connectivity index (χ1v) is 8.54. The van der Waals surface area contributed by atoms with Gasteiger partial charge in [-0.2, -0.15) is 0 Å². The van der Waals surface area contributed by atoms with Gasteiger partial charge in [0, 0.05) is 38.6 Å². The van der Waals surface area contributed by atoms with E-state index in [4.69, 9.17) is 4.74 Å². The standard InChI is InChI=1S/C18H20N4O3/c23-17-16(19-7-8-20-17)21-9-11-22(12-10-21)18(24)15-6-5-13-3-1-2-4-14(13)25-15/h1-4,7-8,15H,5-6,9-12H2,(H,20,23)/t15-/m0/s1. The van der Waals surface area contributed by atoms with Crippen LogP contribution in [0.3, 0.4) is 0 Å². The topological polar surface area (TPSA) is 78.5 Å². The number of anilines is 1. The number of fused-ring (bicyclic) bond motifs is 1. The van der Waals surface area contributed by atoms with Crippen LogP contribution < -0.4 is 15.2 Å². The first-order valence-electron chi connectivity index (χ1n) is 8.54. The number of amides is 1. The minimum atomic E-state index is -0.417. The summed E-state index contributed by atoms with van der Waals surface area (Å²) in [5.41, 5.74) is 0.959. The molecule has 2 aromatic rings. The molecule has 7 nitrogen and oxygen atoms in total. The molecule has 0 unspecified atom stereocenters. The second kappa shape index (κ2) is 6.58. The van der Waals surface area contributed by atoms with Crippen LogP contribution >= 0.6 is 0 Å². The molecule has 1 fully saturated rings. The number of aromatic nitrogens is 2.